The number of imidazole rings is 1. The van der Waals surface area contributed by atoms with E-state index in [9.17, 15) is 4.79 Å². The highest BCUT2D eigenvalue weighted by Gasteiger charge is 2.16. The summed E-state index contributed by atoms with van der Waals surface area (Å²) in [5.74, 6) is -0.962. The van der Waals surface area contributed by atoms with Crippen molar-refractivity contribution in [3.8, 4) is 11.3 Å². The first-order valence-electron chi connectivity index (χ1n) is 5.04. The summed E-state index contributed by atoms with van der Waals surface area (Å²) in [5.41, 5.74) is 1.68. The minimum atomic E-state index is -0.962. The summed E-state index contributed by atoms with van der Waals surface area (Å²) in [5, 5.41) is 9.02. The van der Waals surface area contributed by atoms with E-state index in [0.29, 0.717) is 5.56 Å². The molecule has 0 amide bonds. The normalized spacial score (nSPS) is 10.9. The highest BCUT2D eigenvalue weighted by molar-refractivity contribution is 5.93. The van der Waals surface area contributed by atoms with Crippen molar-refractivity contribution in [2.24, 2.45) is 0 Å². The van der Waals surface area contributed by atoms with Crippen LogP contribution in [0.2, 0.25) is 0 Å². The maximum absolute atomic E-state index is 11.0. The molecule has 16 heavy (non-hydrogen) atoms. The Labute approximate surface area is 92.8 Å². The molecule has 0 aromatic carbocycles. The fourth-order valence-electron chi connectivity index (χ4n) is 1.68. The van der Waals surface area contributed by atoms with Crippen LogP contribution in [0.4, 0.5) is 0 Å². The molecular weight excluding hydrogens is 206 g/mol. The quantitative estimate of drug-likeness (QED) is 0.830. The van der Waals surface area contributed by atoms with Gasteiger partial charge in [0.1, 0.15) is 5.69 Å². The summed E-state index contributed by atoms with van der Waals surface area (Å²) >= 11 is 0. The third kappa shape index (κ3) is 1.60. The molecule has 0 atom stereocenters. The fraction of sp³-hybridized carbons (Fsp3) is 0.273. The van der Waals surface area contributed by atoms with Crippen molar-refractivity contribution in [1.29, 1.82) is 0 Å². The van der Waals surface area contributed by atoms with Crippen LogP contribution in [0.5, 0.6) is 0 Å². The van der Waals surface area contributed by atoms with Gasteiger partial charge in [-0.2, -0.15) is 0 Å². The smallest absolute Gasteiger partial charge is 0.353 e. The van der Waals surface area contributed by atoms with Crippen molar-refractivity contribution < 1.29 is 9.90 Å². The number of rotatable bonds is 3. The molecule has 0 radical (unpaired) electrons. The van der Waals surface area contributed by atoms with Gasteiger partial charge < -0.3 is 14.7 Å². The number of aromatic carboxylic acids is 1. The van der Waals surface area contributed by atoms with E-state index < -0.39 is 5.97 Å². The van der Waals surface area contributed by atoms with Crippen LogP contribution in [0, 0.1) is 0 Å². The van der Waals surface area contributed by atoms with Crippen molar-refractivity contribution in [3.63, 3.8) is 0 Å². The van der Waals surface area contributed by atoms with Crippen LogP contribution in [0.1, 0.15) is 30.4 Å². The summed E-state index contributed by atoms with van der Waals surface area (Å²) in [6.45, 7) is 4.05. The van der Waals surface area contributed by atoms with E-state index in [2.05, 4.69) is 9.97 Å². The second-order valence-corrected chi connectivity index (χ2v) is 3.85. The maximum Gasteiger partial charge on any atom is 0.353 e. The molecule has 5 heteroatoms. The monoisotopic (exact) mass is 219 g/mol. The molecule has 0 fully saturated rings. The molecule has 2 rings (SSSR count). The van der Waals surface area contributed by atoms with Crippen LogP contribution in [0.25, 0.3) is 11.3 Å². The number of hydrogen-bond acceptors (Lipinski definition) is 2. The number of carboxylic acids is 1. The number of carbonyl (C=O) groups is 1. The van der Waals surface area contributed by atoms with Gasteiger partial charge in [0.2, 0.25) is 0 Å². The van der Waals surface area contributed by atoms with E-state index in [4.69, 9.17) is 5.11 Å². The largest absolute Gasteiger partial charge is 0.477 e. The molecule has 0 bridgehead atoms. The predicted molar refractivity (Wildman–Crippen MR) is 59.4 cm³/mol. The molecular formula is C11H13N3O2. The number of aromatic amines is 1. The molecule has 0 aliphatic heterocycles. The van der Waals surface area contributed by atoms with Gasteiger partial charge in [0, 0.05) is 17.8 Å². The molecule has 2 N–H and O–H groups in total. The summed E-state index contributed by atoms with van der Waals surface area (Å²) in [4.78, 5) is 17.8. The van der Waals surface area contributed by atoms with E-state index >= 15 is 0 Å². The second-order valence-electron chi connectivity index (χ2n) is 3.85. The lowest BCUT2D eigenvalue weighted by Gasteiger charge is -2.11. The average molecular weight is 219 g/mol. The standard InChI is InChI=1S/C11H13N3O2/c1-7(2)14-6-12-5-9(14)8-3-4-13-10(8)11(15)16/h3-7,13H,1-2H3,(H,15,16). The second kappa shape index (κ2) is 3.84. The van der Waals surface area contributed by atoms with Gasteiger partial charge in [-0.25, -0.2) is 9.78 Å². The van der Waals surface area contributed by atoms with Crippen LogP contribution in [-0.4, -0.2) is 25.6 Å². The highest BCUT2D eigenvalue weighted by Crippen LogP contribution is 2.25. The predicted octanol–water partition coefficient (Wildman–Crippen LogP) is 2.16. The van der Waals surface area contributed by atoms with Crippen molar-refractivity contribution in [2.45, 2.75) is 19.9 Å². The molecule has 84 valence electrons. The first-order valence-corrected chi connectivity index (χ1v) is 5.04. The number of hydrogen-bond donors (Lipinski definition) is 2. The third-order valence-corrected chi connectivity index (χ3v) is 2.46. The van der Waals surface area contributed by atoms with E-state index in [1.807, 2.05) is 18.4 Å². The Morgan fingerprint density at radius 1 is 1.56 bits per heavy atom. The number of aromatic nitrogens is 3. The minimum Gasteiger partial charge on any atom is -0.477 e. The first kappa shape index (κ1) is 10.5. The SMILES string of the molecule is CC(C)n1cncc1-c1cc[nH]c1C(=O)O. The zero-order valence-corrected chi connectivity index (χ0v) is 9.14. The minimum absolute atomic E-state index is 0.197. The van der Waals surface area contributed by atoms with Crippen molar-refractivity contribution in [1.82, 2.24) is 14.5 Å². The third-order valence-electron chi connectivity index (χ3n) is 2.46. The molecule has 5 nitrogen and oxygen atoms in total. The van der Waals surface area contributed by atoms with Gasteiger partial charge in [-0.15, -0.1) is 0 Å². The van der Waals surface area contributed by atoms with Crippen LogP contribution >= 0.6 is 0 Å². The Morgan fingerprint density at radius 3 is 2.94 bits per heavy atom. The zero-order valence-electron chi connectivity index (χ0n) is 9.14. The van der Waals surface area contributed by atoms with Crippen LogP contribution < -0.4 is 0 Å². The summed E-state index contributed by atoms with van der Waals surface area (Å²) < 4.78 is 1.94. The molecule has 0 aliphatic rings. The molecule has 0 aliphatic carbocycles. The van der Waals surface area contributed by atoms with Crippen LogP contribution in [-0.2, 0) is 0 Å². The van der Waals surface area contributed by atoms with Gasteiger partial charge in [0.05, 0.1) is 18.2 Å². The van der Waals surface area contributed by atoms with Crippen LogP contribution in [0.3, 0.4) is 0 Å². The lowest BCUT2D eigenvalue weighted by Crippen LogP contribution is -2.04. The maximum atomic E-state index is 11.0. The highest BCUT2D eigenvalue weighted by atomic mass is 16.4. The average Bonchev–Trinajstić information content (AvgIpc) is 2.85. The molecule has 0 unspecified atom stereocenters. The lowest BCUT2D eigenvalue weighted by atomic mass is 10.1. The van der Waals surface area contributed by atoms with E-state index in [1.165, 1.54) is 0 Å². The van der Waals surface area contributed by atoms with Gasteiger partial charge in [0.25, 0.3) is 0 Å². The number of carboxylic acid groups (broad SMARTS) is 1. The Kier molecular flexibility index (Phi) is 2.52. The van der Waals surface area contributed by atoms with Gasteiger partial charge in [-0.1, -0.05) is 0 Å². The number of nitrogens with one attached hydrogen (secondary N) is 1. The molecule has 0 saturated heterocycles. The first-order chi connectivity index (χ1) is 7.61. The molecule has 2 aromatic heterocycles. The topological polar surface area (TPSA) is 70.9 Å². The number of H-pyrrole nitrogens is 1. The van der Waals surface area contributed by atoms with E-state index in [0.717, 1.165) is 5.69 Å². The van der Waals surface area contributed by atoms with Gasteiger partial charge >= 0.3 is 5.97 Å². The Bertz CT molecular complexity index is 511. The van der Waals surface area contributed by atoms with Crippen molar-refractivity contribution >= 4 is 5.97 Å². The number of nitrogens with zero attached hydrogens (tertiary/aromatic N) is 2. The van der Waals surface area contributed by atoms with E-state index in [1.54, 1.807) is 24.8 Å². The fourth-order valence-corrected chi connectivity index (χ4v) is 1.68. The lowest BCUT2D eigenvalue weighted by molar-refractivity contribution is 0.0692. The van der Waals surface area contributed by atoms with Gasteiger partial charge in [-0.3, -0.25) is 0 Å². The van der Waals surface area contributed by atoms with Crippen molar-refractivity contribution in [2.75, 3.05) is 0 Å². The van der Waals surface area contributed by atoms with E-state index in [-0.39, 0.29) is 11.7 Å². The Hall–Kier alpha value is -2.04. The van der Waals surface area contributed by atoms with Crippen LogP contribution in [0.15, 0.2) is 24.8 Å². The van der Waals surface area contributed by atoms with Gasteiger partial charge in [0.15, 0.2) is 0 Å². The zero-order chi connectivity index (χ0) is 11.7. The van der Waals surface area contributed by atoms with Gasteiger partial charge in [-0.05, 0) is 19.9 Å². The molecule has 0 saturated carbocycles. The molecule has 2 aromatic rings. The summed E-state index contributed by atoms with van der Waals surface area (Å²) in [6.07, 6.45) is 5.00. The van der Waals surface area contributed by atoms with Crippen molar-refractivity contribution in [3.05, 3.63) is 30.5 Å². The Balaban J connectivity index is 2.54. The summed E-state index contributed by atoms with van der Waals surface area (Å²) in [7, 11) is 0. The summed E-state index contributed by atoms with van der Waals surface area (Å²) in [6, 6.07) is 1.99. The Morgan fingerprint density at radius 2 is 2.31 bits per heavy atom. The molecule has 0 spiro atoms. The molecule has 2 heterocycles.